The molecule has 218 valence electrons. The van der Waals surface area contributed by atoms with Gasteiger partial charge in [-0.3, -0.25) is 0 Å². The average Bonchev–Trinajstić information content (AvgIpc) is 2.94. The summed E-state index contributed by atoms with van der Waals surface area (Å²) >= 11 is 6.22. The van der Waals surface area contributed by atoms with E-state index >= 15 is 0 Å². The second-order valence-corrected chi connectivity index (χ2v) is 12.2. The predicted molar refractivity (Wildman–Crippen MR) is 168 cm³/mol. The van der Waals surface area contributed by atoms with Crippen molar-refractivity contribution in [2.45, 2.75) is 84.3 Å². The minimum atomic E-state index is -1.01. The van der Waals surface area contributed by atoms with Gasteiger partial charge >= 0.3 is 5.97 Å². The van der Waals surface area contributed by atoms with Gasteiger partial charge < -0.3 is 14.6 Å². The van der Waals surface area contributed by atoms with E-state index in [0.717, 1.165) is 58.5 Å². The van der Waals surface area contributed by atoms with Crippen LogP contribution < -0.4 is 4.74 Å². The van der Waals surface area contributed by atoms with Crippen LogP contribution in [-0.4, -0.2) is 23.8 Å². The first-order chi connectivity index (χ1) is 19.6. The average molecular weight is 575 g/mol. The van der Waals surface area contributed by atoms with Crippen LogP contribution in [0.15, 0.2) is 72.8 Å². The van der Waals surface area contributed by atoms with Crippen molar-refractivity contribution < 1.29 is 19.4 Å². The van der Waals surface area contributed by atoms with Crippen LogP contribution in [0.1, 0.15) is 93.6 Å². The monoisotopic (exact) mass is 574 g/mol. The fourth-order valence-corrected chi connectivity index (χ4v) is 6.13. The van der Waals surface area contributed by atoms with E-state index in [-0.39, 0.29) is 24.0 Å². The van der Waals surface area contributed by atoms with E-state index in [9.17, 15) is 9.90 Å². The van der Waals surface area contributed by atoms with Crippen molar-refractivity contribution in [3.63, 3.8) is 0 Å². The Morgan fingerprint density at radius 3 is 2.37 bits per heavy atom. The smallest absolute Gasteiger partial charge is 0.341 e. The fourth-order valence-electron chi connectivity index (χ4n) is 6.01. The quantitative estimate of drug-likeness (QED) is 0.231. The number of halogens is 1. The normalized spacial score (nSPS) is 20.7. The number of carbonyl (C=O) groups is 1. The zero-order valence-electron chi connectivity index (χ0n) is 25.0. The van der Waals surface area contributed by atoms with Crippen molar-refractivity contribution in [3.8, 4) is 16.9 Å². The zero-order chi connectivity index (χ0) is 29.7. The molecule has 0 bridgehead atoms. The van der Waals surface area contributed by atoms with Crippen molar-refractivity contribution in [2.24, 2.45) is 5.92 Å². The number of unbranched alkanes of at least 4 members (excludes halogenated alkanes) is 1. The summed E-state index contributed by atoms with van der Waals surface area (Å²) in [6.07, 6.45) is 3.68. The molecular weight excluding hydrogens is 532 g/mol. The number of rotatable bonds is 11. The first kappa shape index (κ1) is 30.9. The Morgan fingerprint density at radius 1 is 1.10 bits per heavy atom. The highest BCUT2D eigenvalue weighted by molar-refractivity contribution is 6.30. The summed E-state index contributed by atoms with van der Waals surface area (Å²) in [5, 5.41) is 10.2. The lowest BCUT2D eigenvalue weighted by molar-refractivity contribution is -0.139. The van der Waals surface area contributed by atoms with E-state index in [1.807, 2.05) is 18.2 Å². The summed E-state index contributed by atoms with van der Waals surface area (Å²) < 4.78 is 13.0. The molecule has 1 aliphatic rings. The maximum Gasteiger partial charge on any atom is 0.341 e. The molecule has 3 aromatic rings. The van der Waals surface area contributed by atoms with Crippen LogP contribution in [0.25, 0.3) is 11.1 Å². The van der Waals surface area contributed by atoms with Crippen molar-refractivity contribution in [3.05, 3.63) is 100 Å². The molecule has 1 fully saturated rings. The van der Waals surface area contributed by atoms with Gasteiger partial charge in [-0.05, 0) is 78.6 Å². The Balaban J connectivity index is 1.78. The van der Waals surface area contributed by atoms with Gasteiger partial charge in [0.15, 0.2) is 6.61 Å². The molecule has 3 aromatic carbocycles. The maximum absolute atomic E-state index is 11.6. The molecule has 4 nitrogen and oxygen atoms in total. The molecule has 0 saturated carbocycles. The molecular formula is C36H43ClO4. The van der Waals surface area contributed by atoms with E-state index in [1.54, 1.807) is 0 Å². The Morgan fingerprint density at radius 2 is 1.78 bits per heavy atom. The molecule has 5 heteroatoms. The van der Waals surface area contributed by atoms with Gasteiger partial charge in [0, 0.05) is 22.4 Å². The van der Waals surface area contributed by atoms with E-state index < -0.39 is 12.6 Å². The number of aryl methyl sites for hydroxylation is 1. The fraction of sp³-hybridized carbons (Fsp3) is 0.417. The summed E-state index contributed by atoms with van der Waals surface area (Å²) in [4.78, 5) is 11.6. The number of hydrogen-bond donors (Lipinski definition) is 1. The third kappa shape index (κ3) is 7.42. The summed E-state index contributed by atoms with van der Waals surface area (Å²) in [5.41, 5.74) is 7.53. The zero-order valence-corrected chi connectivity index (χ0v) is 25.7. The third-order valence-electron chi connectivity index (χ3n) is 8.31. The first-order valence-corrected chi connectivity index (χ1v) is 15.1. The molecule has 0 unspecified atom stereocenters. The van der Waals surface area contributed by atoms with Crippen LogP contribution in [-0.2, 0) is 9.53 Å². The van der Waals surface area contributed by atoms with Gasteiger partial charge in [-0.15, -0.1) is 0 Å². The van der Waals surface area contributed by atoms with E-state index in [2.05, 4.69) is 83.7 Å². The van der Waals surface area contributed by atoms with Gasteiger partial charge in [0.05, 0.1) is 12.2 Å². The Bertz CT molecular complexity index is 1340. The second kappa shape index (κ2) is 13.7. The molecule has 1 N–H and O–H groups in total. The molecule has 1 aliphatic heterocycles. The molecule has 4 atom stereocenters. The number of benzene rings is 3. The van der Waals surface area contributed by atoms with Crippen LogP contribution in [0.4, 0.5) is 0 Å². The van der Waals surface area contributed by atoms with Gasteiger partial charge in [0.1, 0.15) is 5.75 Å². The third-order valence-corrected chi connectivity index (χ3v) is 8.56. The molecule has 41 heavy (non-hydrogen) atoms. The Hall–Kier alpha value is -3.08. The lowest BCUT2D eigenvalue weighted by atomic mass is 9.74. The van der Waals surface area contributed by atoms with E-state index in [1.165, 1.54) is 11.1 Å². The highest BCUT2D eigenvalue weighted by atomic mass is 35.5. The minimum Gasteiger partial charge on any atom is -0.481 e. The van der Waals surface area contributed by atoms with E-state index in [0.29, 0.717) is 11.7 Å². The van der Waals surface area contributed by atoms with Crippen LogP contribution in [0, 0.1) is 12.8 Å². The lowest BCUT2D eigenvalue weighted by Crippen LogP contribution is -2.36. The topological polar surface area (TPSA) is 55.8 Å². The van der Waals surface area contributed by atoms with Crippen molar-refractivity contribution >= 4 is 17.6 Å². The standard InChI is InChI=1S/C36H43ClO4/c1-7-8-9-32-31(27-14-16-29(37)17-15-27)20-30(23(4)5)36(41-32)35-24(6)18-28(19-33(35)40-21-34(38)39)26-12-10-25(11-13-26)22(2)3/h10-19,22,30-32,36H,4,7-9,20-21H2,1-3,5-6H3,(H,38,39)/t30-,31-,32+,36+/m0/s1. The van der Waals surface area contributed by atoms with Crippen molar-refractivity contribution in [1.82, 2.24) is 0 Å². The van der Waals surface area contributed by atoms with Gasteiger partial charge in [-0.2, -0.15) is 0 Å². The SMILES string of the molecule is C=C(C)[C@@H]1C[C@@H](c2ccc(Cl)cc2)[C@@H](CCCC)O[C@H]1c1c(C)cc(-c2ccc(C(C)C)cc2)cc1OCC(=O)O. The number of hydrogen-bond acceptors (Lipinski definition) is 3. The molecule has 1 heterocycles. The van der Waals surface area contributed by atoms with Crippen LogP contribution in [0.5, 0.6) is 5.75 Å². The molecule has 0 aromatic heterocycles. The number of aliphatic carboxylic acids is 1. The first-order valence-electron chi connectivity index (χ1n) is 14.7. The Labute approximate surface area is 250 Å². The van der Waals surface area contributed by atoms with Crippen LogP contribution in [0.2, 0.25) is 5.02 Å². The molecule has 0 amide bonds. The van der Waals surface area contributed by atoms with Gasteiger partial charge in [0.25, 0.3) is 0 Å². The van der Waals surface area contributed by atoms with Crippen molar-refractivity contribution in [1.29, 1.82) is 0 Å². The molecule has 4 rings (SSSR count). The summed E-state index contributed by atoms with van der Waals surface area (Å²) in [6, 6.07) is 20.8. The van der Waals surface area contributed by atoms with Crippen LogP contribution in [0.3, 0.4) is 0 Å². The molecule has 0 spiro atoms. The summed E-state index contributed by atoms with van der Waals surface area (Å²) in [6.45, 7) is 14.6. The second-order valence-electron chi connectivity index (χ2n) is 11.7. The lowest BCUT2D eigenvalue weighted by Gasteiger charge is -2.43. The minimum absolute atomic E-state index is 0.00621. The highest BCUT2D eigenvalue weighted by Gasteiger charge is 2.41. The molecule has 0 aliphatic carbocycles. The molecule has 0 radical (unpaired) electrons. The number of ether oxygens (including phenoxy) is 2. The van der Waals surface area contributed by atoms with Crippen LogP contribution >= 0.6 is 11.6 Å². The number of carboxylic acids is 1. The maximum atomic E-state index is 11.6. The van der Waals surface area contributed by atoms with E-state index in [4.69, 9.17) is 21.1 Å². The van der Waals surface area contributed by atoms with Gasteiger partial charge in [0.2, 0.25) is 0 Å². The van der Waals surface area contributed by atoms with Crippen molar-refractivity contribution in [2.75, 3.05) is 6.61 Å². The molecule has 1 saturated heterocycles. The summed E-state index contributed by atoms with van der Waals surface area (Å²) in [5.74, 6) is 0.244. The predicted octanol–water partition coefficient (Wildman–Crippen LogP) is 9.90. The highest BCUT2D eigenvalue weighted by Crippen LogP contribution is 2.50. The Kier molecular flexibility index (Phi) is 10.3. The van der Waals surface area contributed by atoms with Gasteiger partial charge in [-0.25, -0.2) is 4.79 Å². The largest absolute Gasteiger partial charge is 0.481 e. The number of carboxylic acid groups (broad SMARTS) is 1. The van der Waals surface area contributed by atoms with Gasteiger partial charge in [-0.1, -0.05) is 99.8 Å². The summed E-state index contributed by atoms with van der Waals surface area (Å²) in [7, 11) is 0.